The summed E-state index contributed by atoms with van der Waals surface area (Å²) in [6.07, 6.45) is 0.292. The normalized spacial score (nSPS) is 15.9. The van der Waals surface area contributed by atoms with Crippen molar-refractivity contribution >= 4 is 23.3 Å². The lowest BCUT2D eigenvalue weighted by Gasteiger charge is -2.19. The van der Waals surface area contributed by atoms with Crippen LogP contribution < -0.4 is 15.5 Å². The molecule has 1 saturated heterocycles. The first-order chi connectivity index (χ1) is 14.5. The zero-order valence-corrected chi connectivity index (χ0v) is 17.2. The SMILES string of the molecule is Cc1ccc(N2C[C@H](NC(=O)Nc3ccccc3-c3ccccc3)CC2=O)cc1C. The van der Waals surface area contributed by atoms with Crippen molar-refractivity contribution in [3.8, 4) is 11.1 Å². The van der Waals surface area contributed by atoms with Crippen LogP contribution in [0.4, 0.5) is 16.2 Å². The summed E-state index contributed by atoms with van der Waals surface area (Å²) in [5, 5.41) is 5.89. The molecule has 30 heavy (non-hydrogen) atoms. The molecular weight excluding hydrogens is 374 g/mol. The number of carbonyl (C=O) groups is 2. The number of hydrogen-bond donors (Lipinski definition) is 2. The van der Waals surface area contributed by atoms with Crippen LogP contribution in [0.15, 0.2) is 72.8 Å². The number of carbonyl (C=O) groups excluding carboxylic acids is 2. The monoisotopic (exact) mass is 399 g/mol. The molecule has 0 bridgehead atoms. The third-order valence-corrected chi connectivity index (χ3v) is 5.52. The van der Waals surface area contributed by atoms with Crippen molar-refractivity contribution in [2.24, 2.45) is 0 Å². The minimum absolute atomic E-state index is 0.0215. The lowest BCUT2D eigenvalue weighted by molar-refractivity contribution is -0.117. The van der Waals surface area contributed by atoms with Gasteiger partial charge in [0.25, 0.3) is 0 Å². The maximum atomic E-state index is 12.6. The van der Waals surface area contributed by atoms with Crippen molar-refractivity contribution in [1.82, 2.24) is 5.32 Å². The quantitative estimate of drug-likeness (QED) is 0.656. The summed E-state index contributed by atoms with van der Waals surface area (Å²) < 4.78 is 0. The van der Waals surface area contributed by atoms with E-state index < -0.39 is 0 Å². The highest BCUT2D eigenvalue weighted by Crippen LogP contribution is 2.28. The Kier molecular flexibility index (Phi) is 5.53. The number of para-hydroxylation sites is 1. The summed E-state index contributed by atoms with van der Waals surface area (Å²) in [7, 11) is 0. The lowest BCUT2D eigenvalue weighted by Crippen LogP contribution is -2.39. The maximum absolute atomic E-state index is 12.6. The average Bonchev–Trinajstić information content (AvgIpc) is 3.11. The van der Waals surface area contributed by atoms with Crippen molar-refractivity contribution < 1.29 is 9.59 Å². The highest BCUT2D eigenvalue weighted by atomic mass is 16.2. The van der Waals surface area contributed by atoms with Crippen LogP contribution in [0.2, 0.25) is 0 Å². The van der Waals surface area contributed by atoms with Crippen molar-refractivity contribution in [3.63, 3.8) is 0 Å². The van der Waals surface area contributed by atoms with Gasteiger partial charge in [0.2, 0.25) is 5.91 Å². The van der Waals surface area contributed by atoms with Crippen LogP contribution in [0, 0.1) is 13.8 Å². The largest absolute Gasteiger partial charge is 0.333 e. The molecule has 1 atom stereocenters. The summed E-state index contributed by atoms with van der Waals surface area (Å²) in [4.78, 5) is 26.9. The number of urea groups is 1. The van der Waals surface area contributed by atoms with E-state index in [1.54, 1.807) is 4.90 Å². The molecule has 0 unspecified atom stereocenters. The van der Waals surface area contributed by atoms with E-state index >= 15 is 0 Å². The van der Waals surface area contributed by atoms with Gasteiger partial charge in [0.05, 0.1) is 11.7 Å². The molecule has 0 aliphatic carbocycles. The van der Waals surface area contributed by atoms with Crippen LogP contribution in [0.5, 0.6) is 0 Å². The van der Waals surface area contributed by atoms with Gasteiger partial charge in [-0.05, 0) is 48.7 Å². The first-order valence-electron chi connectivity index (χ1n) is 10.1. The van der Waals surface area contributed by atoms with Crippen LogP contribution in [0.25, 0.3) is 11.1 Å². The number of rotatable bonds is 4. The highest BCUT2D eigenvalue weighted by molar-refractivity contribution is 5.98. The Labute approximate surface area is 176 Å². The summed E-state index contributed by atoms with van der Waals surface area (Å²) in [5.74, 6) is 0.0215. The summed E-state index contributed by atoms with van der Waals surface area (Å²) in [6, 6.07) is 23.1. The van der Waals surface area contributed by atoms with E-state index in [0.717, 1.165) is 28.1 Å². The second kappa shape index (κ2) is 8.41. The van der Waals surface area contributed by atoms with E-state index in [0.29, 0.717) is 13.0 Å². The van der Waals surface area contributed by atoms with Gasteiger partial charge in [0.1, 0.15) is 0 Å². The van der Waals surface area contributed by atoms with Gasteiger partial charge >= 0.3 is 6.03 Å². The molecule has 0 aromatic heterocycles. The van der Waals surface area contributed by atoms with Crippen LogP contribution in [0.3, 0.4) is 0 Å². The van der Waals surface area contributed by atoms with Crippen LogP contribution >= 0.6 is 0 Å². The van der Waals surface area contributed by atoms with Gasteiger partial charge in [-0.1, -0.05) is 54.6 Å². The fourth-order valence-corrected chi connectivity index (χ4v) is 3.75. The molecular formula is C25H25N3O2. The van der Waals surface area contributed by atoms with Gasteiger partial charge in [0.15, 0.2) is 0 Å². The molecule has 1 aliphatic heterocycles. The van der Waals surface area contributed by atoms with E-state index in [9.17, 15) is 9.59 Å². The first-order valence-corrected chi connectivity index (χ1v) is 10.1. The molecule has 0 saturated carbocycles. The second-order valence-corrected chi connectivity index (χ2v) is 7.68. The van der Waals surface area contributed by atoms with Crippen LogP contribution in [-0.2, 0) is 4.79 Å². The number of benzene rings is 3. The summed E-state index contributed by atoms with van der Waals surface area (Å²) in [5.41, 5.74) is 5.93. The molecule has 3 aromatic carbocycles. The molecule has 4 rings (SSSR count). The molecule has 0 spiro atoms. The minimum Gasteiger partial charge on any atom is -0.333 e. The Morgan fingerprint density at radius 1 is 0.933 bits per heavy atom. The molecule has 5 nitrogen and oxygen atoms in total. The van der Waals surface area contributed by atoms with Gasteiger partial charge < -0.3 is 15.5 Å². The van der Waals surface area contributed by atoms with Gasteiger partial charge in [0, 0.05) is 24.2 Å². The smallest absolute Gasteiger partial charge is 0.319 e. The van der Waals surface area contributed by atoms with Gasteiger partial charge in [-0.2, -0.15) is 0 Å². The Morgan fingerprint density at radius 3 is 2.43 bits per heavy atom. The van der Waals surface area contributed by atoms with E-state index in [2.05, 4.69) is 10.6 Å². The number of nitrogens with zero attached hydrogens (tertiary/aromatic N) is 1. The summed E-state index contributed by atoms with van der Waals surface area (Å²) >= 11 is 0. The van der Waals surface area contributed by atoms with Gasteiger partial charge in [-0.3, -0.25) is 4.79 Å². The fourth-order valence-electron chi connectivity index (χ4n) is 3.75. The van der Waals surface area contributed by atoms with Gasteiger partial charge in [-0.15, -0.1) is 0 Å². The second-order valence-electron chi connectivity index (χ2n) is 7.68. The Morgan fingerprint density at radius 2 is 1.67 bits per heavy atom. The van der Waals surface area contributed by atoms with Crippen molar-refractivity contribution in [3.05, 3.63) is 83.9 Å². The molecule has 2 N–H and O–H groups in total. The minimum atomic E-state index is -0.307. The van der Waals surface area contributed by atoms with E-state index in [1.165, 1.54) is 5.56 Å². The third kappa shape index (κ3) is 4.20. The molecule has 3 aromatic rings. The standard InChI is InChI=1S/C25H25N3O2/c1-17-12-13-21(14-18(17)2)28-16-20(15-24(28)29)26-25(30)27-23-11-7-6-10-22(23)19-8-4-3-5-9-19/h3-14,20H,15-16H2,1-2H3,(H2,26,27,30)/t20-/m1/s1. The van der Waals surface area contributed by atoms with Crippen molar-refractivity contribution in [2.75, 3.05) is 16.8 Å². The van der Waals surface area contributed by atoms with Crippen LogP contribution in [-0.4, -0.2) is 24.5 Å². The number of nitrogens with one attached hydrogen (secondary N) is 2. The number of amides is 3. The number of aryl methyl sites for hydroxylation is 2. The highest BCUT2D eigenvalue weighted by Gasteiger charge is 2.31. The number of hydrogen-bond acceptors (Lipinski definition) is 2. The molecule has 3 amide bonds. The van der Waals surface area contributed by atoms with Gasteiger partial charge in [-0.25, -0.2) is 4.79 Å². The van der Waals surface area contributed by atoms with E-state index in [4.69, 9.17) is 0 Å². The Bertz CT molecular complexity index is 1080. The Balaban J connectivity index is 1.43. The molecule has 0 radical (unpaired) electrons. The predicted molar refractivity (Wildman–Crippen MR) is 121 cm³/mol. The average molecular weight is 399 g/mol. The van der Waals surface area contributed by atoms with Crippen molar-refractivity contribution in [1.29, 1.82) is 0 Å². The third-order valence-electron chi connectivity index (χ3n) is 5.52. The molecule has 1 fully saturated rings. The maximum Gasteiger partial charge on any atom is 0.319 e. The number of anilines is 2. The molecule has 1 aliphatic rings. The first kappa shape index (κ1) is 19.7. The molecule has 152 valence electrons. The topological polar surface area (TPSA) is 61.4 Å². The zero-order chi connectivity index (χ0) is 21.1. The van der Waals surface area contributed by atoms with Crippen LogP contribution in [0.1, 0.15) is 17.5 Å². The predicted octanol–water partition coefficient (Wildman–Crippen LogP) is 4.90. The molecule has 5 heteroatoms. The van der Waals surface area contributed by atoms with E-state index in [-0.39, 0.29) is 18.0 Å². The fraction of sp³-hybridized carbons (Fsp3) is 0.200. The van der Waals surface area contributed by atoms with Crippen molar-refractivity contribution in [2.45, 2.75) is 26.3 Å². The summed E-state index contributed by atoms with van der Waals surface area (Å²) in [6.45, 7) is 4.55. The molecule has 1 heterocycles. The lowest BCUT2D eigenvalue weighted by atomic mass is 10.0. The Hall–Kier alpha value is -3.60. The zero-order valence-electron chi connectivity index (χ0n) is 17.2. The van der Waals surface area contributed by atoms with E-state index in [1.807, 2.05) is 86.6 Å².